The minimum absolute atomic E-state index is 0.0198. The van der Waals surface area contributed by atoms with Crippen molar-refractivity contribution in [2.75, 3.05) is 19.0 Å². The number of benzene rings is 1. The molecule has 1 aromatic heterocycles. The molecule has 138 valence electrons. The molecule has 26 heavy (non-hydrogen) atoms. The fourth-order valence-corrected chi connectivity index (χ4v) is 2.20. The number of anilines is 1. The van der Waals surface area contributed by atoms with Gasteiger partial charge in [0.25, 0.3) is 5.91 Å². The largest absolute Gasteiger partial charge is 0.490 e. The lowest BCUT2D eigenvalue weighted by atomic mass is 10.1. The number of nitro benzene ring substituents is 1. The van der Waals surface area contributed by atoms with Gasteiger partial charge in [0, 0.05) is 24.2 Å². The molecule has 0 spiro atoms. The lowest BCUT2D eigenvalue weighted by Crippen LogP contribution is -2.21. The maximum absolute atomic E-state index is 11.9. The zero-order chi connectivity index (χ0) is 19.1. The van der Waals surface area contributed by atoms with E-state index in [0.29, 0.717) is 23.4 Å². The van der Waals surface area contributed by atoms with Crippen molar-refractivity contribution < 1.29 is 28.4 Å². The number of rotatable bonds is 8. The van der Waals surface area contributed by atoms with E-state index in [1.54, 1.807) is 19.1 Å². The minimum Gasteiger partial charge on any atom is -0.490 e. The van der Waals surface area contributed by atoms with E-state index in [1.807, 2.05) is 0 Å². The number of carbonyl (C=O) groups excluding carboxylic acids is 2. The Bertz CT molecular complexity index is 800. The number of esters is 1. The Balaban J connectivity index is 1.89. The summed E-state index contributed by atoms with van der Waals surface area (Å²) in [6, 6.07) is 6.10. The number of carbonyl (C=O) groups is 2. The molecule has 2 rings (SSSR count). The molecule has 2 aromatic rings. The van der Waals surface area contributed by atoms with Crippen LogP contribution in [-0.4, -0.2) is 30.5 Å². The molecule has 1 heterocycles. The SMILES string of the molecule is COc1cc(NC(=O)COC(=O)CCc2ccco2)c(C)cc1[N+](=O)[O-]. The van der Waals surface area contributed by atoms with Gasteiger partial charge in [0.2, 0.25) is 0 Å². The van der Waals surface area contributed by atoms with Crippen LogP contribution >= 0.6 is 0 Å². The number of hydrogen-bond acceptors (Lipinski definition) is 7. The molecular formula is C17H18N2O7. The van der Waals surface area contributed by atoms with Gasteiger partial charge in [-0.05, 0) is 24.6 Å². The third-order valence-corrected chi connectivity index (χ3v) is 3.52. The van der Waals surface area contributed by atoms with E-state index in [-0.39, 0.29) is 17.9 Å². The van der Waals surface area contributed by atoms with Gasteiger partial charge in [-0.1, -0.05) is 0 Å². The fraction of sp³-hybridized carbons (Fsp3) is 0.294. The normalized spacial score (nSPS) is 10.2. The summed E-state index contributed by atoms with van der Waals surface area (Å²) in [7, 11) is 1.30. The van der Waals surface area contributed by atoms with Crippen LogP contribution in [0.5, 0.6) is 5.75 Å². The highest BCUT2D eigenvalue weighted by Crippen LogP contribution is 2.32. The van der Waals surface area contributed by atoms with Gasteiger partial charge in [-0.2, -0.15) is 0 Å². The first-order valence-corrected chi connectivity index (χ1v) is 7.71. The Labute approximate surface area is 149 Å². The molecule has 0 aliphatic heterocycles. The molecule has 0 radical (unpaired) electrons. The Hall–Kier alpha value is -3.36. The first-order valence-electron chi connectivity index (χ1n) is 7.71. The summed E-state index contributed by atoms with van der Waals surface area (Å²) in [5.41, 5.74) is 0.617. The van der Waals surface area contributed by atoms with E-state index < -0.39 is 23.4 Å². The predicted molar refractivity (Wildman–Crippen MR) is 91.0 cm³/mol. The molecule has 0 saturated carbocycles. The van der Waals surface area contributed by atoms with Crippen LogP contribution in [0, 0.1) is 17.0 Å². The quantitative estimate of drug-likeness (QED) is 0.435. The lowest BCUT2D eigenvalue weighted by molar-refractivity contribution is -0.385. The number of nitrogens with one attached hydrogen (secondary N) is 1. The highest BCUT2D eigenvalue weighted by Gasteiger charge is 2.18. The van der Waals surface area contributed by atoms with Crippen LogP contribution in [0.1, 0.15) is 17.7 Å². The van der Waals surface area contributed by atoms with Crippen molar-refractivity contribution in [3.63, 3.8) is 0 Å². The lowest BCUT2D eigenvalue weighted by Gasteiger charge is -2.11. The Morgan fingerprint density at radius 2 is 2.12 bits per heavy atom. The van der Waals surface area contributed by atoms with Crippen LogP contribution in [-0.2, 0) is 20.7 Å². The molecule has 9 heteroatoms. The second-order valence-electron chi connectivity index (χ2n) is 5.38. The van der Waals surface area contributed by atoms with Gasteiger partial charge < -0.3 is 19.2 Å². The van der Waals surface area contributed by atoms with E-state index >= 15 is 0 Å². The number of hydrogen-bond donors (Lipinski definition) is 1. The van der Waals surface area contributed by atoms with Gasteiger partial charge in [0.1, 0.15) is 5.76 Å². The standard InChI is InChI=1S/C17H18N2O7/c1-11-8-14(19(22)23)15(24-2)9-13(11)18-16(20)10-26-17(21)6-5-12-4-3-7-25-12/h3-4,7-9H,5-6,10H2,1-2H3,(H,18,20). The van der Waals surface area contributed by atoms with Gasteiger partial charge in [-0.3, -0.25) is 19.7 Å². The average Bonchev–Trinajstić information content (AvgIpc) is 3.13. The second kappa shape index (κ2) is 8.65. The highest BCUT2D eigenvalue weighted by molar-refractivity contribution is 5.94. The third kappa shape index (κ3) is 5.07. The van der Waals surface area contributed by atoms with Gasteiger partial charge in [-0.25, -0.2) is 0 Å². The van der Waals surface area contributed by atoms with Crippen molar-refractivity contribution in [3.05, 3.63) is 52.0 Å². The molecular weight excluding hydrogens is 344 g/mol. The first-order chi connectivity index (χ1) is 12.4. The van der Waals surface area contributed by atoms with Crippen LogP contribution in [0.15, 0.2) is 34.9 Å². The fourth-order valence-electron chi connectivity index (χ4n) is 2.20. The Morgan fingerprint density at radius 1 is 1.35 bits per heavy atom. The Morgan fingerprint density at radius 3 is 2.73 bits per heavy atom. The van der Waals surface area contributed by atoms with E-state index in [2.05, 4.69) is 5.32 Å². The molecule has 9 nitrogen and oxygen atoms in total. The molecule has 0 aliphatic carbocycles. The Kier molecular flexibility index (Phi) is 6.31. The number of aryl methyl sites for hydroxylation is 2. The topological polar surface area (TPSA) is 121 Å². The summed E-state index contributed by atoms with van der Waals surface area (Å²) in [4.78, 5) is 34.0. The summed E-state index contributed by atoms with van der Waals surface area (Å²) in [5, 5.41) is 13.5. The van der Waals surface area contributed by atoms with E-state index in [0.717, 1.165) is 0 Å². The summed E-state index contributed by atoms with van der Waals surface area (Å²) >= 11 is 0. The molecule has 0 fully saturated rings. The number of amides is 1. The smallest absolute Gasteiger partial charge is 0.311 e. The van der Waals surface area contributed by atoms with Crippen LogP contribution in [0.4, 0.5) is 11.4 Å². The van der Waals surface area contributed by atoms with Gasteiger partial charge in [0.15, 0.2) is 12.4 Å². The molecule has 0 bridgehead atoms. The summed E-state index contributed by atoms with van der Waals surface area (Å²) < 4.78 is 15.0. The van der Waals surface area contributed by atoms with Gasteiger partial charge in [0.05, 0.1) is 24.7 Å². The molecule has 1 N–H and O–H groups in total. The number of nitro groups is 1. The van der Waals surface area contributed by atoms with Crippen molar-refractivity contribution in [3.8, 4) is 5.75 Å². The third-order valence-electron chi connectivity index (χ3n) is 3.52. The number of furan rings is 1. The average molecular weight is 362 g/mol. The number of ether oxygens (including phenoxy) is 2. The summed E-state index contributed by atoms with van der Waals surface area (Å²) in [5.74, 6) is -0.420. The van der Waals surface area contributed by atoms with Crippen molar-refractivity contribution >= 4 is 23.3 Å². The monoisotopic (exact) mass is 362 g/mol. The molecule has 0 aliphatic rings. The molecule has 0 unspecified atom stereocenters. The van der Waals surface area contributed by atoms with E-state index in [4.69, 9.17) is 13.9 Å². The van der Waals surface area contributed by atoms with Crippen LogP contribution in [0.3, 0.4) is 0 Å². The van der Waals surface area contributed by atoms with Crippen molar-refractivity contribution in [2.45, 2.75) is 19.8 Å². The summed E-state index contributed by atoms with van der Waals surface area (Å²) in [6.45, 7) is 1.15. The van der Waals surface area contributed by atoms with Gasteiger partial charge in [-0.15, -0.1) is 0 Å². The molecule has 1 aromatic carbocycles. The van der Waals surface area contributed by atoms with Crippen LogP contribution in [0.25, 0.3) is 0 Å². The van der Waals surface area contributed by atoms with Crippen molar-refractivity contribution in [1.82, 2.24) is 0 Å². The maximum Gasteiger partial charge on any atom is 0.311 e. The summed E-state index contributed by atoms with van der Waals surface area (Å²) in [6.07, 6.45) is 1.98. The van der Waals surface area contributed by atoms with Gasteiger partial charge >= 0.3 is 11.7 Å². The van der Waals surface area contributed by atoms with Crippen LogP contribution < -0.4 is 10.1 Å². The molecule has 1 amide bonds. The highest BCUT2D eigenvalue weighted by atomic mass is 16.6. The molecule has 0 saturated heterocycles. The second-order valence-corrected chi connectivity index (χ2v) is 5.38. The van der Waals surface area contributed by atoms with Crippen LogP contribution in [0.2, 0.25) is 0 Å². The number of nitrogens with zero attached hydrogens (tertiary/aromatic N) is 1. The van der Waals surface area contributed by atoms with E-state index in [1.165, 1.54) is 25.5 Å². The van der Waals surface area contributed by atoms with Crippen molar-refractivity contribution in [1.29, 1.82) is 0 Å². The van der Waals surface area contributed by atoms with Crippen molar-refractivity contribution in [2.24, 2.45) is 0 Å². The molecule has 0 atom stereocenters. The zero-order valence-corrected chi connectivity index (χ0v) is 14.3. The van der Waals surface area contributed by atoms with E-state index in [9.17, 15) is 19.7 Å². The zero-order valence-electron chi connectivity index (χ0n) is 14.3. The predicted octanol–water partition coefficient (Wildman–Crippen LogP) is 2.62. The number of methoxy groups -OCH3 is 1. The minimum atomic E-state index is -0.571. The maximum atomic E-state index is 11.9. The first kappa shape index (κ1) is 19.0.